The van der Waals surface area contributed by atoms with Gasteiger partial charge in [0.15, 0.2) is 5.78 Å². The number of nitrogens with two attached hydrogens (primary N) is 1. The van der Waals surface area contributed by atoms with E-state index in [1.54, 1.807) is 24.3 Å². The van der Waals surface area contributed by atoms with Crippen LogP contribution in [0.3, 0.4) is 0 Å². The van der Waals surface area contributed by atoms with Crippen molar-refractivity contribution in [1.29, 1.82) is 0 Å². The van der Waals surface area contributed by atoms with Crippen LogP contribution in [-0.2, 0) is 0 Å². The zero-order valence-corrected chi connectivity index (χ0v) is 13.7. The summed E-state index contributed by atoms with van der Waals surface area (Å²) < 4.78 is 17.8. The minimum atomic E-state index is 0.117. The lowest BCUT2D eigenvalue weighted by Gasteiger charge is -2.17. The van der Waals surface area contributed by atoms with Crippen LogP contribution in [0, 0.1) is 5.41 Å². The van der Waals surface area contributed by atoms with Gasteiger partial charge < -0.3 is 10.5 Å². The fourth-order valence-corrected chi connectivity index (χ4v) is 1.97. The molecule has 1 rings (SSSR count). The third-order valence-electron chi connectivity index (χ3n) is 3.35. The summed E-state index contributed by atoms with van der Waals surface area (Å²) in [6.07, 6.45) is 2.94. The first kappa shape index (κ1) is 18.4. The van der Waals surface area contributed by atoms with Crippen LogP contribution in [0.2, 0.25) is 0 Å². The molecule has 4 heteroatoms. The van der Waals surface area contributed by atoms with E-state index in [1.807, 2.05) is 0 Å². The van der Waals surface area contributed by atoms with E-state index in [2.05, 4.69) is 20.8 Å². The molecule has 2 N–H and O–H groups in total. The topological polar surface area (TPSA) is 52.3 Å². The average Bonchev–Trinajstić information content (AvgIpc) is 2.47. The van der Waals surface area contributed by atoms with Gasteiger partial charge in [-0.3, -0.25) is 4.79 Å². The van der Waals surface area contributed by atoms with Crippen LogP contribution < -0.4 is 10.5 Å². The number of rotatable bonds is 8. The summed E-state index contributed by atoms with van der Waals surface area (Å²) in [6.45, 7) is 6.76. The maximum absolute atomic E-state index is 12.4. The van der Waals surface area contributed by atoms with Gasteiger partial charge in [-0.15, -0.1) is 0 Å². The molecule has 0 spiro atoms. The number of hydrogen-bond donors (Lipinski definition) is 1. The van der Waals surface area contributed by atoms with Crippen molar-refractivity contribution in [3.63, 3.8) is 0 Å². The van der Waals surface area contributed by atoms with Crippen molar-refractivity contribution in [3.05, 3.63) is 41.7 Å². The minimum Gasteiger partial charge on any atom is -0.489 e. The predicted octanol–water partition coefficient (Wildman–Crippen LogP) is 4.28. The monoisotopic (exact) mass is 307 g/mol. The summed E-state index contributed by atoms with van der Waals surface area (Å²) >= 11 is 0. The molecule has 0 unspecified atom stereocenters. The van der Waals surface area contributed by atoms with Gasteiger partial charge in [0.05, 0.1) is 6.33 Å². The van der Waals surface area contributed by atoms with E-state index in [0.717, 1.165) is 12.8 Å². The Hall–Kier alpha value is -1.68. The highest BCUT2D eigenvalue weighted by Crippen LogP contribution is 2.22. The fraction of sp³-hybridized carbons (Fsp3) is 0.500. The molecule has 0 aliphatic rings. The molecule has 0 aliphatic heterocycles. The molecule has 0 aliphatic carbocycles. The maximum atomic E-state index is 12.4. The molecule has 0 atom stereocenters. The zero-order chi connectivity index (χ0) is 16.6. The van der Waals surface area contributed by atoms with Gasteiger partial charge in [-0.05, 0) is 42.5 Å². The second kappa shape index (κ2) is 8.69. The summed E-state index contributed by atoms with van der Waals surface area (Å²) in [4.78, 5) is 12.1. The second-order valence-corrected chi connectivity index (χ2v) is 6.62. The van der Waals surface area contributed by atoms with Gasteiger partial charge in [0, 0.05) is 24.1 Å². The molecule has 122 valence electrons. The van der Waals surface area contributed by atoms with E-state index >= 15 is 0 Å². The molecule has 1 aromatic carbocycles. The van der Waals surface area contributed by atoms with Crippen LogP contribution in [0.1, 0.15) is 50.4 Å². The average molecular weight is 307 g/mol. The van der Waals surface area contributed by atoms with Gasteiger partial charge in [0.1, 0.15) is 12.4 Å². The number of Topliss-reactive ketones (excluding diaryl/α,β-unsaturated/α-hetero) is 1. The third kappa shape index (κ3) is 6.85. The SMILES string of the molecule is CC(C)(C)CCCC(=O)c1ccc(OC/C(=C/F)CN)cc1. The van der Waals surface area contributed by atoms with Gasteiger partial charge in [-0.25, -0.2) is 4.39 Å². The van der Waals surface area contributed by atoms with Gasteiger partial charge in [0.2, 0.25) is 0 Å². The molecule has 0 radical (unpaired) electrons. The van der Waals surface area contributed by atoms with Gasteiger partial charge >= 0.3 is 0 Å². The molecule has 0 saturated heterocycles. The van der Waals surface area contributed by atoms with Gasteiger partial charge in [-0.2, -0.15) is 0 Å². The Morgan fingerprint density at radius 3 is 2.41 bits per heavy atom. The van der Waals surface area contributed by atoms with Crippen LogP contribution in [0.25, 0.3) is 0 Å². The van der Waals surface area contributed by atoms with Crippen LogP contribution in [-0.4, -0.2) is 18.9 Å². The Bertz CT molecular complexity index is 501. The van der Waals surface area contributed by atoms with Gasteiger partial charge in [-0.1, -0.05) is 20.8 Å². The van der Waals surface area contributed by atoms with Crippen LogP contribution >= 0.6 is 0 Å². The summed E-state index contributed by atoms with van der Waals surface area (Å²) in [5, 5.41) is 0. The Balaban J connectivity index is 2.48. The van der Waals surface area contributed by atoms with E-state index < -0.39 is 0 Å². The number of carbonyl (C=O) groups excluding carboxylic acids is 1. The largest absolute Gasteiger partial charge is 0.489 e. The third-order valence-corrected chi connectivity index (χ3v) is 3.35. The predicted molar refractivity (Wildman–Crippen MR) is 87.8 cm³/mol. The van der Waals surface area contributed by atoms with Crippen molar-refractivity contribution < 1.29 is 13.9 Å². The lowest BCUT2D eigenvalue weighted by molar-refractivity contribution is 0.0976. The summed E-state index contributed by atoms with van der Waals surface area (Å²) in [7, 11) is 0. The molecule has 0 amide bonds. The number of ether oxygens (including phenoxy) is 1. The lowest BCUT2D eigenvalue weighted by Crippen LogP contribution is -2.10. The van der Waals surface area contributed by atoms with Crippen molar-refractivity contribution in [2.75, 3.05) is 13.2 Å². The molecule has 0 bridgehead atoms. The summed E-state index contributed by atoms with van der Waals surface area (Å²) in [5.74, 6) is 0.737. The molecule has 0 fully saturated rings. The highest BCUT2D eigenvalue weighted by Gasteiger charge is 2.12. The van der Waals surface area contributed by atoms with E-state index in [1.165, 1.54) is 0 Å². The van der Waals surface area contributed by atoms with Crippen molar-refractivity contribution in [2.45, 2.75) is 40.0 Å². The van der Waals surface area contributed by atoms with Crippen molar-refractivity contribution in [2.24, 2.45) is 11.1 Å². The summed E-state index contributed by atoms with van der Waals surface area (Å²) in [5.41, 5.74) is 6.68. The van der Waals surface area contributed by atoms with Crippen LogP contribution in [0.15, 0.2) is 36.2 Å². The highest BCUT2D eigenvalue weighted by molar-refractivity contribution is 5.96. The quantitative estimate of drug-likeness (QED) is 0.729. The molecule has 0 heterocycles. The van der Waals surface area contributed by atoms with Crippen LogP contribution in [0.5, 0.6) is 5.75 Å². The molecular weight excluding hydrogens is 281 g/mol. The molecule has 1 aromatic rings. The van der Waals surface area contributed by atoms with Crippen molar-refractivity contribution in [3.8, 4) is 5.75 Å². The Morgan fingerprint density at radius 1 is 1.27 bits per heavy atom. The first-order chi connectivity index (χ1) is 10.4. The van der Waals surface area contributed by atoms with Crippen molar-refractivity contribution in [1.82, 2.24) is 0 Å². The van der Waals surface area contributed by atoms with Crippen molar-refractivity contribution >= 4 is 5.78 Å². The van der Waals surface area contributed by atoms with Gasteiger partial charge in [0.25, 0.3) is 0 Å². The first-order valence-electron chi connectivity index (χ1n) is 7.60. The number of hydrogen-bond acceptors (Lipinski definition) is 3. The Morgan fingerprint density at radius 2 is 1.91 bits per heavy atom. The number of carbonyl (C=O) groups is 1. The number of ketones is 1. The molecule has 3 nitrogen and oxygen atoms in total. The Kier molecular flexibility index (Phi) is 7.25. The normalized spacial score (nSPS) is 12.3. The summed E-state index contributed by atoms with van der Waals surface area (Å²) in [6, 6.07) is 6.94. The minimum absolute atomic E-state index is 0.117. The van der Waals surface area contributed by atoms with E-state index in [9.17, 15) is 9.18 Å². The first-order valence-corrected chi connectivity index (χ1v) is 7.60. The number of halogens is 1. The molecule has 0 aromatic heterocycles. The van der Waals surface area contributed by atoms with E-state index in [4.69, 9.17) is 10.5 Å². The smallest absolute Gasteiger partial charge is 0.162 e. The zero-order valence-electron chi connectivity index (χ0n) is 13.7. The lowest BCUT2D eigenvalue weighted by atomic mass is 9.89. The second-order valence-electron chi connectivity index (χ2n) is 6.62. The highest BCUT2D eigenvalue weighted by atomic mass is 19.1. The van der Waals surface area contributed by atoms with Crippen LogP contribution in [0.4, 0.5) is 4.39 Å². The standard InChI is InChI=1S/C18H26FNO2/c1-18(2,3)10-4-5-17(21)15-6-8-16(9-7-15)22-13-14(11-19)12-20/h6-9,11H,4-5,10,12-13,20H2,1-3H3/b14-11+. The molecular formula is C18H26FNO2. The molecule has 22 heavy (non-hydrogen) atoms. The van der Waals surface area contributed by atoms with E-state index in [0.29, 0.717) is 29.6 Å². The maximum Gasteiger partial charge on any atom is 0.162 e. The number of benzene rings is 1. The Labute approximate surface area is 132 Å². The fourth-order valence-electron chi connectivity index (χ4n) is 1.97. The van der Waals surface area contributed by atoms with E-state index in [-0.39, 0.29) is 24.3 Å². The molecule has 0 saturated carbocycles.